The largest absolute Gasteiger partial charge is 0.289 e. The molecule has 0 amide bonds. The predicted octanol–water partition coefficient (Wildman–Crippen LogP) is 4.68. The molecule has 0 spiro atoms. The first-order valence-corrected chi connectivity index (χ1v) is 6.57. The Morgan fingerprint density at radius 1 is 0.824 bits per heavy atom. The molecule has 1 heteroatoms. The summed E-state index contributed by atoms with van der Waals surface area (Å²) >= 11 is 0. The summed E-state index contributed by atoms with van der Waals surface area (Å²) in [6.45, 7) is 12.9. The van der Waals surface area contributed by atoms with Crippen LogP contribution in [0.1, 0.15) is 60.8 Å². The summed E-state index contributed by atoms with van der Waals surface area (Å²) in [5.74, 6) is 0.279. The zero-order chi connectivity index (χ0) is 13.3. The van der Waals surface area contributed by atoms with Crippen LogP contribution in [0.4, 0.5) is 0 Å². The van der Waals surface area contributed by atoms with Crippen LogP contribution in [0.15, 0.2) is 23.3 Å². The minimum atomic E-state index is 0.0924. The molecular weight excluding hydrogens is 208 g/mol. The number of allylic oxidation sites excluding steroid dienone is 4. The minimum absolute atomic E-state index is 0.0924. The average Bonchev–Trinajstić information content (AvgIpc) is 2.07. The van der Waals surface area contributed by atoms with E-state index in [0.29, 0.717) is 0 Å². The van der Waals surface area contributed by atoms with Gasteiger partial charge in [0.25, 0.3) is 0 Å². The first kappa shape index (κ1) is 14.2. The van der Waals surface area contributed by atoms with Crippen molar-refractivity contribution in [3.63, 3.8) is 0 Å². The van der Waals surface area contributed by atoms with Crippen LogP contribution in [0.25, 0.3) is 0 Å². The Hall–Kier alpha value is -0.850. The van der Waals surface area contributed by atoms with Crippen molar-refractivity contribution in [3.8, 4) is 0 Å². The first-order valence-electron chi connectivity index (χ1n) is 6.57. The molecule has 0 aliphatic heterocycles. The summed E-state index contributed by atoms with van der Waals surface area (Å²) in [6, 6.07) is 0. The highest BCUT2D eigenvalue weighted by Gasteiger charge is 2.23. The number of ketones is 1. The van der Waals surface area contributed by atoms with Crippen LogP contribution in [0, 0.1) is 10.8 Å². The number of Topliss-reactive ketones (excluding diaryl/α,β-unsaturated/α-hetero) is 1. The maximum absolute atomic E-state index is 12.3. The lowest BCUT2D eigenvalue weighted by Gasteiger charge is -2.23. The molecule has 1 rings (SSSR count). The van der Waals surface area contributed by atoms with Crippen LogP contribution in [-0.2, 0) is 4.79 Å². The van der Waals surface area contributed by atoms with Crippen molar-refractivity contribution in [2.75, 3.05) is 0 Å². The van der Waals surface area contributed by atoms with Gasteiger partial charge in [-0.3, -0.25) is 4.79 Å². The van der Waals surface area contributed by atoms with Gasteiger partial charge < -0.3 is 0 Å². The molecule has 0 heterocycles. The van der Waals surface area contributed by atoms with Crippen molar-refractivity contribution in [2.24, 2.45) is 10.8 Å². The minimum Gasteiger partial charge on any atom is -0.289 e. The molecule has 0 aromatic heterocycles. The van der Waals surface area contributed by atoms with Crippen LogP contribution >= 0.6 is 0 Å². The SMILES string of the molecule is CC(C)(C)/C=C1/CCC/C(=C/C(C)(C)C)C1=O. The van der Waals surface area contributed by atoms with Crippen molar-refractivity contribution in [2.45, 2.75) is 60.8 Å². The summed E-state index contributed by atoms with van der Waals surface area (Å²) in [5, 5.41) is 0. The van der Waals surface area contributed by atoms with Crippen molar-refractivity contribution < 1.29 is 4.79 Å². The molecule has 1 fully saturated rings. The molecule has 1 nitrogen and oxygen atoms in total. The molecule has 17 heavy (non-hydrogen) atoms. The second kappa shape index (κ2) is 4.80. The molecule has 0 aromatic carbocycles. The number of carbonyl (C=O) groups excluding carboxylic acids is 1. The van der Waals surface area contributed by atoms with E-state index in [0.717, 1.165) is 30.4 Å². The van der Waals surface area contributed by atoms with E-state index < -0.39 is 0 Å². The fraction of sp³-hybridized carbons (Fsp3) is 0.688. The third kappa shape index (κ3) is 4.89. The molecular formula is C16H26O. The molecule has 0 radical (unpaired) electrons. The molecule has 0 bridgehead atoms. The number of carbonyl (C=O) groups is 1. The monoisotopic (exact) mass is 234 g/mol. The first-order chi connectivity index (χ1) is 7.58. The lowest BCUT2D eigenvalue weighted by Crippen LogP contribution is -2.17. The van der Waals surface area contributed by atoms with E-state index in [9.17, 15) is 4.79 Å². The predicted molar refractivity (Wildman–Crippen MR) is 73.9 cm³/mol. The Bertz CT molecular complexity index is 322. The Kier molecular flexibility index (Phi) is 4.01. The van der Waals surface area contributed by atoms with E-state index in [1.54, 1.807) is 0 Å². The van der Waals surface area contributed by atoms with Crippen molar-refractivity contribution in [1.29, 1.82) is 0 Å². The van der Waals surface area contributed by atoms with Gasteiger partial charge in [0.15, 0.2) is 5.78 Å². The van der Waals surface area contributed by atoms with Gasteiger partial charge in [-0.05, 0) is 41.2 Å². The second-order valence-electron chi connectivity index (χ2n) is 7.25. The summed E-state index contributed by atoms with van der Waals surface area (Å²) in [7, 11) is 0. The molecule has 0 aromatic rings. The highest BCUT2D eigenvalue weighted by Crippen LogP contribution is 2.31. The maximum atomic E-state index is 12.3. The van der Waals surface area contributed by atoms with Crippen LogP contribution in [-0.4, -0.2) is 5.78 Å². The third-order valence-corrected chi connectivity index (χ3v) is 2.69. The molecule has 0 N–H and O–H groups in total. The van der Waals surface area contributed by atoms with E-state index in [1.165, 1.54) is 0 Å². The average molecular weight is 234 g/mol. The molecule has 1 aliphatic carbocycles. The van der Waals surface area contributed by atoms with Gasteiger partial charge in [-0.2, -0.15) is 0 Å². The van der Waals surface area contributed by atoms with Crippen LogP contribution < -0.4 is 0 Å². The smallest absolute Gasteiger partial charge is 0.184 e. The molecule has 96 valence electrons. The third-order valence-electron chi connectivity index (χ3n) is 2.69. The lowest BCUT2D eigenvalue weighted by atomic mass is 9.81. The van der Waals surface area contributed by atoms with Gasteiger partial charge >= 0.3 is 0 Å². The van der Waals surface area contributed by atoms with Gasteiger partial charge in [-0.15, -0.1) is 0 Å². The van der Waals surface area contributed by atoms with Crippen LogP contribution in [0.3, 0.4) is 0 Å². The van der Waals surface area contributed by atoms with Gasteiger partial charge in [0.05, 0.1) is 0 Å². The van der Waals surface area contributed by atoms with Crippen molar-refractivity contribution in [1.82, 2.24) is 0 Å². The van der Waals surface area contributed by atoms with E-state index in [4.69, 9.17) is 0 Å². The molecule has 0 unspecified atom stereocenters. The van der Waals surface area contributed by atoms with Gasteiger partial charge in [-0.1, -0.05) is 53.7 Å². The quantitative estimate of drug-likeness (QED) is 0.556. The fourth-order valence-electron chi connectivity index (χ4n) is 2.22. The highest BCUT2D eigenvalue weighted by molar-refractivity contribution is 6.09. The van der Waals surface area contributed by atoms with E-state index in [-0.39, 0.29) is 16.6 Å². The zero-order valence-electron chi connectivity index (χ0n) is 12.2. The van der Waals surface area contributed by atoms with Gasteiger partial charge in [0, 0.05) is 0 Å². The molecule has 1 saturated carbocycles. The highest BCUT2D eigenvalue weighted by atomic mass is 16.1. The summed E-state index contributed by atoms with van der Waals surface area (Å²) < 4.78 is 0. The Morgan fingerprint density at radius 3 is 1.47 bits per heavy atom. The molecule has 0 saturated heterocycles. The molecule has 0 atom stereocenters. The Morgan fingerprint density at radius 2 is 1.18 bits per heavy atom. The lowest BCUT2D eigenvalue weighted by molar-refractivity contribution is -0.113. The summed E-state index contributed by atoms with van der Waals surface area (Å²) in [4.78, 5) is 12.3. The van der Waals surface area contributed by atoms with Gasteiger partial charge in [-0.25, -0.2) is 0 Å². The van der Waals surface area contributed by atoms with Crippen molar-refractivity contribution >= 4 is 5.78 Å². The standard InChI is InChI=1S/C16H26O/c1-15(2,3)10-12-8-7-9-13(14(12)17)11-16(4,5)6/h10-11H,7-9H2,1-6H3/b12-10-,13-11-. The second-order valence-corrected chi connectivity index (χ2v) is 7.25. The van der Waals surface area contributed by atoms with Crippen molar-refractivity contribution in [3.05, 3.63) is 23.3 Å². The van der Waals surface area contributed by atoms with E-state index in [1.807, 2.05) is 0 Å². The van der Waals surface area contributed by atoms with E-state index in [2.05, 4.69) is 53.7 Å². The number of hydrogen-bond donors (Lipinski definition) is 0. The topological polar surface area (TPSA) is 17.1 Å². The molecule has 1 aliphatic rings. The number of hydrogen-bond acceptors (Lipinski definition) is 1. The van der Waals surface area contributed by atoms with E-state index >= 15 is 0 Å². The normalized spacial score (nSPS) is 23.5. The zero-order valence-corrected chi connectivity index (χ0v) is 12.2. The summed E-state index contributed by atoms with van der Waals surface area (Å²) in [5.41, 5.74) is 2.21. The van der Waals surface area contributed by atoms with Crippen LogP contribution in [0.5, 0.6) is 0 Å². The Labute approximate surface area is 106 Å². The van der Waals surface area contributed by atoms with Crippen LogP contribution in [0.2, 0.25) is 0 Å². The van der Waals surface area contributed by atoms with Gasteiger partial charge in [0.1, 0.15) is 0 Å². The number of rotatable bonds is 0. The van der Waals surface area contributed by atoms with Gasteiger partial charge in [0.2, 0.25) is 0 Å². The summed E-state index contributed by atoms with van der Waals surface area (Å²) in [6.07, 6.45) is 7.28. The Balaban J connectivity index is 2.99. The maximum Gasteiger partial charge on any atom is 0.184 e. The fourth-order valence-corrected chi connectivity index (χ4v) is 2.22.